The number of rotatable bonds is 2. The summed E-state index contributed by atoms with van der Waals surface area (Å²) in [7, 11) is 0. The van der Waals surface area contributed by atoms with Gasteiger partial charge in [0.05, 0.1) is 21.7 Å². The SMILES string of the molecule is O=C(c1c(Cl)cccc1Cl)N1CCN(C(=O)C2CCCN2)CC1. The van der Waals surface area contributed by atoms with Crippen LogP contribution in [0.4, 0.5) is 0 Å². The maximum Gasteiger partial charge on any atom is 0.257 e. The molecule has 0 aliphatic carbocycles. The summed E-state index contributed by atoms with van der Waals surface area (Å²) < 4.78 is 0. The maximum absolute atomic E-state index is 12.6. The summed E-state index contributed by atoms with van der Waals surface area (Å²) in [5.74, 6) is -0.0305. The van der Waals surface area contributed by atoms with Crippen molar-refractivity contribution in [3.63, 3.8) is 0 Å². The first-order valence-corrected chi connectivity index (χ1v) is 8.59. The van der Waals surface area contributed by atoms with Crippen molar-refractivity contribution < 1.29 is 9.59 Å². The number of carbonyl (C=O) groups is 2. The number of piperazine rings is 1. The van der Waals surface area contributed by atoms with E-state index in [0.717, 1.165) is 19.4 Å². The predicted octanol–water partition coefficient (Wildman–Crippen LogP) is 2.03. The molecule has 2 heterocycles. The van der Waals surface area contributed by atoms with E-state index < -0.39 is 0 Å². The molecule has 2 aliphatic heterocycles. The van der Waals surface area contributed by atoms with E-state index in [1.54, 1.807) is 23.1 Å². The van der Waals surface area contributed by atoms with Gasteiger partial charge in [-0.2, -0.15) is 0 Å². The van der Waals surface area contributed by atoms with Crippen molar-refractivity contribution >= 4 is 35.0 Å². The zero-order valence-corrected chi connectivity index (χ0v) is 14.2. The van der Waals surface area contributed by atoms with Gasteiger partial charge in [0, 0.05) is 26.2 Å². The molecule has 3 rings (SSSR count). The Morgan fingerprint density at radius 1 is 1.04 bits per heavy atom. The van der Waals surface area contributed by atoms with Crippen LogP contribution in [0.3, 0.4) is 0 Å². The molecule has 2 aliphatic rings. The summed E-state index contributed by atoms with van der Waals surface area (Å²) in [6.07, 6.45) is 1.94. The molecule has 0 spiro atoms. The van der Waals surface area contributed by atoms with Crippen LogP contribution in [-0.2, 0) is 4.79 Å². The lowest BCUT2D eigenvalue weighted by molar-refractivity contribution is -0.134. The summed E-state index contributed by atoms with van der Waals surface area (Å²) in [6, 6.07) is 4.97. The third-order valence-corrected chi connectivity index (χ3v) is 5.04. The Morgan fingerprint density at radius 2 is 1.65 bits per heavy atom. The van der Waals surface area contributed by atoms with Gasteiger partial charge >= 0.3 is 0 Å². The van der Waals surface area contributed by atoms with Gasteiger partial charge in [-0.1, -0.05) is 29.3 Å². The molecule has 5 nitrogen and oxygen atoms in total. The van der Waals surface area contributed by atoms with Crippen molar-refractivity contribution in [2.75, 3.05) is 32.7 Å². The monoisotopic (exact) mass is 355 g/mol. The van der Waals surface area contributed by atoms with Gasteiger partial charge in [-0.3, -0.25) is 9.59 Å². The molecule has 2 amide bonds. The highest BCUT2D eigenvalue weighted by molar-refractivity contribution is 6.39. The van der Waals surface area contributed by atoms with Crippen LogP contribution >= 0.6 is 23.2 Å². The van der Waals surface area contributed by atoms with E-state index in [0.29, 0.717) is 41.8 Å². The molecule has 124 valence electrons. The molecule has 2 saturated heterocycles. The van der Waals surface area contributed by atoms with Crippen LogP contribution in [0.1, 0.15) is 23.2 Å². The molecule has 23 heavy (non-hydrogen) atoms. The first-order chi connectivity index (χ1) is 11.1. The number of nitrogens with one attached hydrogen (secondary N) is 1. The molecule has 1 atom stereocenters. The Kier molecular flexibility index (Phi) is 5.09. The molecule has 1 aromatic carbocycles. The lowest BCUT2D eigenvalue weighted by Crippen LogP contribution is -2.54. The molecule has 0 bridgehead atoms. The average molecular weight is 356 g/mol. The Labute approximate surface area is 145 Å². The lowest BCUT2D eigenvalue weighted by Gasteiger charge is -2.36. The lowest BCUT2D eigenvalue weighted by atomic mass is 10.1. The van der Waals surface area contributed by atoms with Gasteiger partial charge in [0.2, 0.25) is 5.91 Å². The van der Waals surface area contributed by atoms with Crippen LogP contribution in [0.5, 0.6) is 0 Å². The summed E-state index contributed by atoms with van der Waals surface area (Å²) >= 11 is 12.2. The minimum atomic E-state index is -0.174. The van der Waals surface area contributed by atoms with Gasteiger partial charge in [-0.05, 0) is 31.5 Å². The third-order valence-electron chi connectivity index (χ3n) is 4.41. The van der Waals surface area contributed by atoms with Crippen molar-refractivity contribution in [1.29, 1.82) is 0 Å². The molecule has 1 unspecified atom stereocenters. The molecule has 1 N–H and O–H groups in total. The van der Waals surface area contributed by atoms with Crippen LogP contribution in [0.15, 0.2) is 18.2 Å². The zero-order chi connectivity index (χ0) is 16.4. The summed E-state index contributed by atoms with van der Waals surface area (Å²) in [5, 5.41) is 3.94. The molecule has 0 aromatic heterocycles. The number of amides is 2. The Hall–Kier alpha value is -1.30. The second kappa shape index (κ2) is 7.07. The Bertz CT molecular complexity index is 589. The van der Waals surface area contributed by atoms with Crippen LogP contribution in [-0.4, -0.2) is 60.4 Å². The predicted molar refractivity (Wildman–Crippen MR) is 90.0 cm³/mol. The van der Waals surface area contributed by atoms with Crippen LogP contribution < -0.4 is 5.32 Å². The fraction of sp³-hybridized carbons (Fsp3) is 0.500. The van der Waals surface area contributed by atoms with Crippen molar-refractivity contribution in [2.45, 2.75) is 18.9 Å². The third kappa shape index (κ3) is 3.47. The average Bonchev–Trinajstić information content (AvgIpc) is 3.08. The highest BCUT2D eigenvalue weighted by Gasteiger charge is 2.31. The quantitative estimate of drug-likeness (QED) is 0.882. The highest BCUT2D eigenvalue weighted by Crippen LogP contribution is 2.26. The maximum atomic E-state index is 12.6. The first kappa shape index (κ1) is 16.6. The van der Waals surface area contributed by atoms with Crippen molar-refractivity contribution in [3.05, 3.63) is 33.8 Å². The first-order valence-electron chi connectivity index (χ1n) is 7.83. The second-order valence-corrected chi connectivity index (χ2v) is 6.68. The van der Waals surface area contributed by atoms with Crippen molar-refractivity contribution in [2.24, 2.45) is 0 Å². The molecule has 0 radical (unpaired) electrons. The number of carbonyl (C=O) groups excluding carboxylic acids is 2. The van der Waals surface area contributed by atoms with Gasteiger partial charge in [-0.15, -0.1) is 0 Å². The number of hydrogen-bond acceptors (Lipinski definition) is 3. The van der Waals surface area contributed by atoms with E-state index in [9.17, 15) is 9.59 Å². The van der Waals surface area contributed by atoms with Gasteiger partial charge in [-0.25, -0.2) is 0 Å². The van der Waals surface area contributed by atoms with E-state index >= 15 is 0 Å². The Balaban J connectivity index is 1.62. The minimum Gasteiger partial charge on any atom is -0.338 e. The number of benzene rings is 1. The van der Waals surface area contributed by atoms with Gasteiger partial charge < -0.3 is 15.1 Å². The van der Waals surface area contributed by atoms with Gasteiger partial charge in [0.1, 0.15) is 0 Å². The normalized spacial score (nSPS) is 21.6. The molecule has 0 saturated carbocycles. The van der Waals surface area contributed by atoms with Crippen LogP contribution in [0.2, 0.25) is 10.0 Å². The standard InChI is InChI=1S/C16H19Cl2N3O2/c17-11-3-1-4-12(18)14(11)16(23)21-9-7-20(8-10-21)15(22)13-5-2-6-19-13/h1,3-4,13,19H,2,5-10H2. The van der Waals surface area contributed by atoms with Crippen LogP contribution in [0.25, 0.3) is 0 Å². The van der Waals surface area contributed by atoms with Crippen molar-refractivity contribution in [3.8, 4) is 0 Å². The highest BCUT2D eigenvalue weighted by atomic mass is 35.5. The fourth-order valence-corrected chi connectivity index (χ4v) is 3.66. The van der Waals surface area contributed by atoms with E-state index in [4.69, 9.17) is 23.2 Å². The number of nitrogens with zero attached hydrogens (tertiary/aromatic N) is 2. The van der Waals surface area contributed by atoms with E-state index in [1.165, 1.54) is 0 Å². The molecule has 2 fully saturated rings. The molecular weight excluding hydrogens is 337 g/mol. The topological polar surface area (TPSA) is 52.7 Å². The molecule has 7 heteroatoms. The summed E-state index contributed by atoms with van der Waals surface area (Å²) in [4.78, 5) is 28.5. The fourth-order valence-electron chi connectivity index (χ4n) is 3.11. The summed E-state index contributed by atoms with van der Waals surface area (Å²) in [6.45, 7) is 2.99. The van der Waals surface area contributed by atoms with Crippen LogP contribution in [0, 0.1) is 0 Å². The second-order valence-electron chi connectivity index (χ2n) is 5.86. The van der Waals surface area contributed by atoms with Gasteiger partial charge in [0.15, 0.2) is 0 Å². The largest absolute Gasteiger partial charge is 0.338 e. The van der Waals surface area contributed by atoms with E-state index in [1.807, 2.05) is 4.90 Å². The van der Waals surface area contributed by atoms with Gasteiger partial charge in [0.25, 0.3) is 5.91 Å². The minimum absolute atomic E-state index is 0.0599. The molecule has 1 aromatic rings. The summed E-state index contributed by atoms with van der Waals surface area (Å²) in [5.41, 5.74) is 0.341. The van der Waals surface area contributed by atoms with E-state index in [2.05, 4.69) is 5.32 Å². The van der Waals surface area contributed by atoms with E-state index in [-0.39, 0.29) is 17.9 Å². The van der Waals surface area contributed by atoms with Crippen molar-refractivity contribution in [1.82, 2.24) is 15.1 Å². The number of hydrogen-bond donors (Lipinski definition) is 1. The molecular formula is C16H19Cl2N3O2. The zero-order valence-electron chi connectivity index (χ0n) is 12.7. The smallest absolute Gasteiger partial charge is 0.257 e. The Morgan fingerprint density at radius 3 is 2.22 bits per heavy atom. The number of halogens is 2.